The van der Waals surface area contributed by atoms with Crippen molar-refractivity contribution in [3.05, 3.63) is 59.4 Å². The molecule has 2 nitrogen and oxygen atoms in total. The van der Waals surface area contributed by atoms with E-state index in [-0.39, 0.29) is 0 Å². The molecule has 28 heavy (non-hydrogen) atoms. The van der Waals surface area contributed by atoms with Crippen molar-refractivity contribution in [1.29, 1.82) is 5.26 Å². The van der Waals surface area contributed by atoms with E-state index in [0.29, 0.717) is 18.6 Å². The molecule has 0 N–H and O–H groups in total. The van der Waals surface area contributed by atoms with E-state index in [1.807, 2.05) is 6.08 Å². The van der Waals surface area contributed by atoms with Gasteiger partial charge in [0.2, 0.25) is 0 Å². The van der Waals surface area contributed by atoms with Crippen LogP contribution in [0.4, 0.5) is 4.39 Å². The first-order valence-electron chi connectivity index (χ1n) is 10.8. The van der Waals surface area contributed by atoms with Crippen LogP contribution in [0.15, 0.2) is 48.3 Å². The summed E-state index contributed by atoms with van der Waals surface area (Å²) < 4.78 is 18.9. The molecule has 0 bridgehead atoms. The standard InChI is InChI=1S/C25H34FNO/c1-2-3-4-5-6-8-21-11-13-23(14-12-21)20-28-25-17-15-22(16-18-25)9-7-10-24(26)19-27/h7,9-14,22,25H,2-6,8,15-18,20H2,1H3. The van der Waals surface area contributed by atoms with E-state index in [0.717, 1.165) is 25.7 Å². The van der Waals surface area contributed by atoms with Crippen molar-refractivity contribution in [3.8, 4) is 6.07 Å². The van der Waals surface area contributed by atoms with Gasteiger partial charge in [-0.05, 0) is 61.6 Å². The minimum Gasteiger partial charge on any atom is -0.374 e. The predicted octanol–water partition coefficient (Wildman–Crippen LogP) is 7.21. The number of nitrogens with zero attached hydrogens (tertiary/aromatic N) is 1. The molecule has 1 aromatic carbocycles. The Morgan fingerprint density at radius 1 is 1.07 bits per heavy atom. The van der Waals surface area contributed by atoms with Gasteiger partial charge in [-0.15, -0.1) is 0 Å². The van der Waals surface area contributed by atoms with Gasteiger partial charge >= 0.3 is 0 Å². The Hall–Kier alpha value is -1.92. The zero-order valence-corrected chi connectivity index (χ0v) is 17.2. The third-order valence-corrected chi connectivity index (χ3v) is 5.53. The van der Waals surface area contributed by atoms with E-state index in [4.69, 9.17) is 10.00 Å². The van der Waals surface area contributed by atoms with E-state index in [1.165, 1.54) is 61.8 Å². The van der Waals surface area contributed by atoms with Crippen LogP contribution in [0.25, 0.3) is 0 Å². The minimum atomic E-state index is -0.740. The molecule has 0 heterocycles. The van der Waals surface area contributed by atoms with Gasteiger partial charge in [-0.25, -0.2) is 0 Å². The first kappa shape index (κ1) is 22.4. The largest absolute Gasteiger partial charge is 0.374 e. The first-order valence-corrected chi connectivity index (χ1v) is 10.8. The summed E-state index contributed by atoms with van der Waals surface area (Å²) in [5, 5.41) is 8.40. The summed E-state index contributed by atoms with van der Waals surface area (Å²) in [6, 6.07) is 10.4. The second-order valence-electron chi connectivity index (χ2n) is 7.84. The Balaban J connectivity index is 1.63. The lowest BCUT2D eigenvalue weighted by atomic mass is 9.87. The molecule has 0 saturated heterocycles. The molecule has 2 rings (SSSR count). The van der Waals surface area contributed by atoms with Crippen LogP contribution in [0.1, 0.15) is 75.8 Å². The lowest BCUT2D eigenvalue weighted by molar-refractivity contribution is 0.0110. The highest BCUT2D eigenvalue weighted by atomic mass is 19.1. The third kappa shape index (κ3) is 8.85. The van der Waals surface area contributed by atoms with E-state index < -0.39 is 5.83 Å². The number of allylic oxidation sites excluding steroid dienone is 4. The Labute approximate surface area is 170 Å². The molecule has 0 unspecified atom stereocenters. The molecule has 3 heteroatoms. The Morgan fingerprint density at radius 2 is 1.75 bits per heavy atom. The van der Waals surface area contributed by atoms with Gasteiger partial charge in [0.15, 0.2) is 5.83 Å². The SMILES string of the molecule is CCCCCCCc1ccc(COC2CCC(C=CC=C(F)C#N)CC2)cc1. The molecular formula is C25H34FNO. The number of halogens is 1. The minimum absolute atomic E-state index is 0.314. The number of unbranched alkanes of at least 4 members (excludes halogenated alkanes) is 4. The highest BCUT2D eigenvalue weighted by Gasteiger charge is 2.19. The van der Waals surface area contributed by atoms with Gasteiger partial charge in [0, 0.05) is 0 Å². The van der Waals surface area contributed by atoms with Crippen molar-refractivity contribution in [2.24, 2.45) is 5.92 Å². The van der Waals surface area contributed by atoms with Gasteiger partial charge in [0.05, 0.1) is 12.7 Å². The lowest BCUT2D eigenvalue weighted by Gasteiger charge is -2.26. The van der Waals surface area contributed by atoms with Crippen LogP contribution in [-0.2, 0) is 17.8 Å². The molecule has 1 aliphatic carbocycles. The number of hydrogen-bond acceptors (Lipinski definition) is 2. The molecule has 0 spiro atoms. The summed E-state index contributed by atoms with van der Waals surface area (Å²) in [4.78, 5) is 0. The van der Waals surface area contributed by atoms with Crippen LogP contribution in [-0.4, -0.2) is 6.10 Å². The Bertz CT molecular complexity index is 648. The van der Waals surface area contributed by atoms with Crippen LogP contribution in [0, 0.1) is 17.2 Å². The summed E-state index contributed by atoms with van der Waals surface area (Å²) in [5.41, 5.74) is 2.67. The van der Waals surface area contributed by atoms with Gasteiger partial charge < -0.3 is 4.74 Å². The second kappa shape index (κ2) is 13.3. The van der Waals surface area contributed by atoms with Crippen LogP contribution in [0.3, 0.4) is 0 Å². The number of rotatable bonds is 11. The summed E-state index contributed by atoms with van der Waals surface area (Å²) in [6.07, 6.45) is 17.2. The maximum absolute atomic E-state index is 12.8. The van der Waals surface area contributed by atoms with E-state index in [1.54, 1.807) is 6.08 Å². The number of benzene rings is 1. The van der Waals surface area contributed by atoms with E-state index >= 15 is 0 Å². The average Bonchev–Trinajstić information content (AvgIpc) is 2.73. The lowest BCUT2D eigenvalue weighted by Crippen LogP contribution is -2.20. The zero-order chi connectivity index (χ0) is 20.0. The van der Waals surface area contributed by atoms with Crippen molar-refractivity contribution in [3.63, 3.8) is 0 Å². The fraction of sp³-hybridized carbons (Fsp3) is 0.560. The molecule has 1 aliphatic rings. The molecule has 1 fully saturated rings. The highest BCUT2D eigenvalue weighted by Crippen LogP contribution is 2.28. The first-order chi connectivity index (χ1) is 13.7. The quantitative estimate of drug-likeness (QED) is 0.230. The monoisotopic (exact) mass is 383 g/mol. The van der Waals surface area contributed by atoms with Crippen molar-refractivity contribution in [2.45, 2.75) is 83.8 Å². The topological polar surface area (TPSA) is 33.0 Å². The molecule has 1 aromatic rings. The summed E-state index contributed by atoms with van der Waals surface area (Å²) in [5.74, 6) is -0.282. The Morgan fingerprint density at radius 3 is 2.43 bits per heavy atom. The summed E-state index contributed by atoms with van der Waals surface area (Å²) in [6.45, 7) is 2.93. The molecule has 152 valence electrons. The van der Waals surface area contributed by atoms with Gasteiger partial charge in [0.1, 0.15) is 6.07 Å². The zero-order valence-electron chi connectivity index (χ0n) is 17.2. The van der Waals surface area contributed by atoms with Gasteiger partial charge in [-0.2, -0.15) is 9.65 Å². The van der Waals surface area contributed by atoms with Gasteiger partial charge in [-0.3, -0.25) is 0 Å². The second-order valence-corrected chi connectivity index (χ2v) is 7.84. The van der Waals surface area contributed by atoms with Gasteiger partial charge in [-0.1, -0.05) is 69.0 Å². The van der Waals surface area contributed by atoms with Crippen LogP contribution >= 0.6 is 0 Å². The third-order valence-electron chi connectivity index (χ3n) is 5.53. The smallest absolute Gasteiger partial charge is 0.199 e. The molecule has 0 amide bonds. The maximum Gasteiger partial charge on any atom is 0.199 e. The molecule has 0 aromatic heterocycles. The van der Waals surface area contributed by atoms with Crippen molar-refractivity contribution in [1.82, 2.24) is 0 Å². The number of nitriles is 1. The van der Waals surface area contributed by atoms with Crippen molar-refractivity contribution < 1.29 is 9.13 Å². The van der Waals surface area contributed by atoms with Crippen molar-refractivity contribution in [2.75, 3.05) is 0 Å². The average molecular weight is 384 g/mol. The maximum atomic E-state index is 12.8. The number of ether oxygens (including phenoxy) is 1. The van der Waals surface area contributed by atoms with Gasteiger partial charge in [0.25, 0.3) is 0 Å². The predicted molar refractivity (Wildman–Crippen MR) is 113 cm³/mol. The fourth-order valence-corrected chi connectivity index (χ4v) is 3.73. The summed E-state index contributed by atoms with van der Waals surface area (Å²) in [7, 11) is 0. The molecular weight excluding hydrogens is 349 g/mol. The molecule has 1 saturated carbocycles. The molecule has 0 aliphatic heterocycles. The highest BCUT2D eigenvalue weighted by molar-refractivity contribution is 5.22. The Kier molecular flexibility index (Phi) is 10.6. The normalized spacial score (nSPS) is 20.4. The molecule has 0 atom stereocenters. The number of hydrogen-bond donors (Lipinski definition) is 0. The van der Waals surface area contributed by atoms with Crippen LogP contribution in [0.2, 0.25) is 0 Å². The molecule has 0 radical (unpaired) electrons. The van der Waals surface area contributed by atoms with Crippen LogP contribution in [0.5, 0.6) is 0 Å². The van der Waals surface area contributed by atoms with E-state index in [2.05, 4.69) is 31.2 Å². The number of aryl methyl sites for hydroxylation is 1. The van der Waals surface area contributed by atoms with Crippen molar-refractivity contribution >= 4 is 0 Å². The fourth-order valence-electron chi connectivity index (χ4n) is 3.73. The van der Waals surface area contributed by atoms with E-state index in [9.17, 15) is 4.39 Å². The van der Waals surface area contributed by atoms with Crippen LogP contribution < -0.4 is 0 Å². The summed E-state index contributed by atoms with van der Waals surface area (Å²) >= 11 is 0.